The van der Waals surface area contributed by atoms with Crippen LogP contribution in [0.1, 0.15) is 13.3 Å². The highest BCUT2D eigenvalue weighted by Crippen LogP contribution is 1.98. The van der Waals surface area contributed by atoms with Gasteiger partial charge >= 0.3 is 5.97 Å². The lowest BCUT2D eigenvalue weighted by Gasteiger charge is -2.00. The van der Waals surface area contributed by atoms with E-state index in [0.29, 0.717) is 6.42 Å². The van der Waals surface area contributed by atoms with Crippen molar-refractivity contribution in [2.24, 2.45) is 5.90 Å². The smallest absolute Gasteiger partial charge is 0.391 e. The van der Waals surface area contributed by atoms with Crippen LogP contribution in [0.5, 0.6) is 0 Å². The summed E-state index contributed by atoms with van der Waals surface area (Å²) in [4.78, 5) is 14.5. The fraction of sp³-hybridized carbons (Fsp3) is 0.500. The van der Waals surface area contributed by atoms with Gasteiger partial charge in [0.05, 0.1) is 7.11 Å². The summed E-state index contributed by atoms with van der Waals surface area (Å²) in [5.41, 5.74) is 0. The minimum absolute atomic E-state index is 0.144. The van der Waals surface area contributed by atoms with E-state index in [-0.39, 0.29) is 5.76 Å². The maximum absolute atomic E-state index is 10.6. The Morgan fingerprint density at radius 1 is 1.70 bits per heavy atom. The number of carbonyl (C=O) groups excluding carboxylic acids is 1. The van der Waals surface area contributed by atoms with Gasteiger partial charge in [-0.05, 0) is 12.5 Å². The molecule has 0 aliphatic heterocycles. The van der Waals surface area contributed by atoms with Gasteiger partial charge in [0, 0.05) is 0 Å². The van der Waals surface area contributed by atoms with Crippen LogP contribution in [0.3, 0.4) is 0 Å². The van der Waals surface area contributed by atoms with Crippen LogP contribution in [0.4, 0.5) is 0 Å². The first-order valence-electron chi connectivity index (χ1n) is 2.91. The summed E-state index contributed by atoms with van der Waals surface area (Å²) in [5.74, 6) is 4.10. The Labute approximate surface area is 59.6 Å². The van der Waals surface area contributed by atoms with E-state index in [1.807, 2.05) is 6.92 Å². The molecule has 2 N–H and O–H groups in total. The largest absolute Gasteiger partial charge is 0.490 e. The van der Waals surface area contributed by atoms with E-state index in [1.54, 1.807) is 6.08 Å². The quantitative estimate of drug-likeness (QED) is 0.353. The molecule has 0 fully saturated rings. The lowest BCUT2D eigenvalue weighted by Crippen LogP contribution is -2.13. The fourth-order valence-electron chi connectivity index (χ4n) is 0.493. The number of ether oxygens (including phenoxy) is 1. The van der Waals surface area contributed by atoms with Crippen LogP contribution in [0.25, 0.3) is 0 Å². The second kappa shape index (κ2) is 4.81. The topological polar surface area (TPSA) is 61.5 Å². The molecular weight excluding hydrogens is 134 g/mol. The Bertz CT molecular complexity index is 142. The van der Waals surface area contributed by atoms with Gasteiger partial charge in [0.15, 0.2) is 0 Å². The zero-order valence-corrected chi connectivity index (χ0v) is 6.09. The number of hydrogen-bond acceptors (Lipinski definition) is 4. The van der Waals surface area contributed by atoms with Crippen molar-refractivity contribution in [3.63, 3.8) is 0 Å². The molecule has 0 aliphatic carbocycles. The average molecular weight is 145 g/mol. The molecule has 0 aromatic rings. The third-order valence-electron chi connectivity index (χ3n) is 0.918. The molecule has 0 unspecified atom stereocenters. The molecule has 0 saturated carbocycles. The standard InChI is InChI=1S/C6H11NO3/c1-3-4-5(9-2)6(8)10-7/h4H,3,7H2,1-2H3. The first-order valence-corrected chi connectivity index (χ1v) is 2.91. The van der Waals surface area contributed by atoms with Crippen LogP contribution in [0.2, 0.25) is 0 Å². The van der Waals surface area contributed by atoms with E-state index in [4.69, 9.17) is 0 Å². The predicted octanol–water partition coefficient (Wildman–Crippen LogP) is 0.344. The Morgan fingerprint density at radius 2 is 2.30 bits per heavy atom. The van der Waals surface area contributed by atoms with Crippen LogP contribution in [-0.4, -0.2) is 13.1 Å². The third-order valence-corrected chi connectivity index (χ3v) is 0.918. The molecule has 10 heavy (non-hydrogen) atoms. The SMILES string of the molecule is CCC=C(OC)C(=O)ON. The van der Waals surface area contributed by atoms with Gasteiger partial charge < -0.3 is 9.57 Å². The predicted molar refractivity (Wildman–Crippen MR) is 35.7 cm³/mol. The van der Waals surface area contributed by atoms with Gasteiger partial charge in [0.1, 0.15) is 0 Å². The van der Waals surface area contributed by atoms with Crippen molar-refractivity contribution in [2.75, 3.05) is 7.11 Å². The molecule has 0 aliphatic rings. The molecule has 0 heterocycles. The van der Waals surface area contributed by atoms with E-state index in [9.17, 15) is 4.79 Å². The molecule has 4 heteroatoms. The number of nitrogens with two attached hydrogens (primary N) is 1. The second-order valence-corrected chi connectivity index (χ2v) is 1.59. The fourth-order valence-corrected chi connectivity index (χ4v) is 0.493. The molecule has 0 amide bonds. The molecular formula is C6H11NO3. The van der Waals surface area contributed by atoms with Gasteiger partial charge in [-0.15, -0.1) is 0 Å². The summed E-state index contributed by atoms with van der Waals surface area (Å²) in [6.07, 6.45) is 2.30. The molecule has 0 spiro atoms. The summed E-state index contributed by atoms with van der Waals surface area (Å²) < 4.78 is 4.65. The molecule has 0 aromatic carbocycles. The van der Waals surface area contributed by atoms with E-state index in [1.165, 1.54) is 7.11 Å². The van der Waals surface area contributed by atoms with Crippen LogP contribution in [0.15, 0.2) is 11.8 Å². The Kier molecular flexibility index (Phi) is 4.32. The Morgan fingerprint density at radius 3 is 2.60 bits per heavy atom. The Hall–Kier alpha value is -1.03. The van der Waals surface area contributed by atoms with Crippen molar-refractivity contribution >= 4 is 5.97 Å². The van der Waals surface area contributed by atoms with Crippen LogP contribution < -0.4 is 5.90 Å². The van der Waals surface area contributed by atoms with E-state index >= 15 is 0 Å². The zero-order valence-electron chi connectivity index (χ0n) is 6.09. The number of allylic oxidation sites excluding steroid dienone is 1. The van der Waals surface area contributed by atoms with Crippen LogP contribution >= 0.6 is 0 Å². The average Bonchev–Trinajstić information content (AvgIpc) is 1.99. The maximum atomic E-state index is 10.6. The van der Waals surface area contributed by atoms with Crippen LogP contribution in [-0.2, 0) is 14.4 Å². The van der Waals surface area contributed by atoms with Crippen molar-refractivity contribution in [1.82, 2.24) is 0 Å². The molecule has 0 bridgehead atoms. The summed E-state index contributed by atoms with van der Waals surface area (Å²) in [6, 6.07) is 0. The first kappa shape index (κ1) is 8.97. The monoisotopic (exact) mass is 145 g/mol. The molecule has 0 radical (unpaired) electrons. The number of rotatable bonds is 3. The summed E-state index contributed by atoms with van der Waals surface area (Å²) in [7, 11) is 1.39. The van der Waals surface area contributed by atoms with Gasteiger partial charge in [-0.2, -0.15) is 5.90 Å². The van der Waals surface area contributed by atoms with Gasteiger partial charge in [-0.25, -0.2) is 4.79 Å². The highest BCUT2D eigenvalue weighted by molar-refractivity contribution is 5.85. The van der Waals surface area contributed by atoms with Crippen molar-refractivity contribution in [3.05, 3.63) is 11.8 Å². The molecule has 0 rings (SSSR count). The number of carbonyl (C=O) groups is 1. The Balaban J connectivity index is 4.06. The van der Waals surface area contributed by atoms with Crippen molar-refractivity contribution < 1.29 is 14.4 Å². The molecule has 4 nitrogen and oxygen atoms in total. The maximum Gasteiger partial charge on any atom is 0.391 e. The second-order valence-electron chi connectivity index (χ2n) is 1.59. The summed E-state index contributed by atoms with van der Waals surface area (Å²) in [6.45, 7) is 1.88. The van der Waals surface area contributed by atoms with E-state index < -0.39 is 5.97 Å². The highest BCUT2D eigenvalue weighted by Gasteiger charge is 2.07. The van der Waals surface area contributed by atoms with Crippen molar-refractivity contribution in [2.45, 2.75) is 13.3 Å². The van der Waals surface area contributed by atoms with Crippen molar-refractivity contribution in [3.8, 4) is 0 Å². The van der Waals surface area contributed by atoms with Crippen LogP contribution in [0, 0.1) is 0 Å². The molecule has 0 saturated heterocycles. The highest BCUT2D eigenvalue weighted by atomic mass is 16.7. The normalized spacial score (nSPS) is 10.9. The molecule has 0 aromatic heterocycles. The van der Waals surface area contributed by atoms with Gasteiger partial charge in [-0.3, -0.25) is 0 Å². The molecule has 58 valence electrons. The summed E-state index contributed by atoms with van der Waals surface area (Å²) in [5, 5.41) is 0. The first-order chi connectivity index (χ1) is 4.76. The zero-order chi connectivity index (χ0) is 7.98. The van der Waals surface area contributed by atoms with E-state index in [0.717, 1.165) is 0 Å². The van der Waals surface area contributed by atoms with Gasteiger partial charge in [-0.1, -0.05) is 6.92 Å². The minimum atomic E-state index is -0.649. The van der Waals surface area contributed by atoms with E-state index in [2.05, 4.69) is 15.5 Å². The lowest BCUT2D eigenvalue weighted by molar-refractivity contribution is -0.143. The number of hydrogen-bond donors (Lipinski definition) is 1. The van der Waals surface area contributed by atoms with Gasteiger partial charge in [0.25, 0.3) is 0 Å². The minimum Gasteiger partial charge on any atom is -0.490 e. The summed E-state index contributed by atoms with van der Waals surface area (Å²) >= 11 is 0. The number of methoxy groups -OCH3 is 1. The van der Waals surface area contributed by atoms with Crippen molar-refractivity contribution in [1.29, 1.82) is 0 Å². The lowest BCUT2D eigenvalue weighted by atomic mass is 10.4. The molecule has 0 atom stereocenters. The van der Waals surface area contributed by atoms with Gasteiger partial charge in [0.2, 0.25) is 5.76 Å². The third kappa shape index (κ3) is 2.50.